The lowest BCUT2D eigenvalue weighted by atomic mass is 9.84. The summed E-state index contributed by atoms with van der Waals surface area (Å²) in [4.78, 5) is 57.3. The summed E-state index contributed by atoms with van der Waals surface area (Å²) in [5.74, 6) is 0.846. The predicted octanol–water partition coefficient (Wildman–Crippen LogP) is 4.89. The van der Waals surface area contributed by atoms with Gasteiger partial charge in [-0.2, -0.15) is 0 Å². The molecule has 3 aliphatic heterocycles. The number of carbonyl (C=O) groups is 3. The Bertz CT molecular complexity index is 1770. The second kappa shape index (κ2) is 14.2. The Morgan fingerprint density at radius 1 is 1.00 bits per heavy atom. The first-order valence-corrected chi connectivity index (χ1v) is 16.0. The molecule has 248 valence electrons. The number of para-hydroxylation sites is 1. The maximum Gasteiger partial charge on any atom is 0.344 e. The molecule has 1 saturated carbocycles. The highest BCUT2D eigenvalue weighted by Crippen LogP contribution is 2.39. The third kappa shape index (κ3) is 6.85. The Morgan fingerprint density at radius 3 is 2.38 bits per heavy atom. The van der Waals surface area contributed by atoms with Crippen LogP contribution in [0.4, 0.5) is 20.6 Å². The predicted molar refractivity (Wildman–Crippen MR) is 177 cm³/mol. The summed E-state index contributed by atoms with van der Waals surface area (Å²) in [5, 5.41) is 8.76. The van der Waals surface area contributed by atoms with Crippen molar-refractivity contribution in [1.82, 2.24) is 10.3 Å². The number of anilines is 2. The quantitative estimate of drug-likeness (QED) is 0.249. The lowest BCUT2D eigenvalue weighted by molar-refractivity contribution is -0.145. The number of benzodiazepines with no additional fused rings is 1. The van der Waals surface area contributed by atoms with E-state index in [1.807, 2.05) is 5.01 Å². The molecule has 48 heavy (non-hydrogen) atoms. The number of carbonyl (C=O) groups excluding carboxylic acids is 4. The van der Waals surface area contributed by atoms with Crippen LogP contribution in [0, 0.1) is 17.7 Å². The monoisotopic (exact) mass is 653 g/mol. The van der Waals surface area contributed by atoms with E-state index in [1.165, 1.54) is 23.2 Å². The summed E-state index contributed by atoms with van der Waals surface area (Å²) in [6.07, 6.45) is 5.05. The number of aliphatic imine (C=N–C) groups is 1. The first-order chi connectivity index (χ1) is 23.3. The summed E-state index contributed by atoms with van der Waals surface area (Å²) < 4.78 is 25.8. The van der Waals surface area contributed by atoms with Gasteiger partial charge in [-0.15, -0.1) is 0 Å². The molecule has 7 rings (SSSR count). The number of hydrazine groups is 1. The van der Waals surface area contributed by atoms with Gasteiger partial charge in [0.05, 0.1) is 24.1 Å². The van der Waals surface area contributed by atoms with Crippen LogP contribution in [0.2, 0.25) is 0 Å². The Balaban J connectivity index is 1.41. The molecule has 0 spiro atoms. The van der Waals surface area contributed by atoms with Crippen molar-refractivity contribution in [2.45, 2.75) is 38.3 Å². The minimum atomic E-state index is -2.31. The molecule has 3 amide bonds. The maximum absolute atomic E-state index is 15.5. The van der Waals surface area contributed by atoms with Gasteiger partial charge in [0.2, 0.25) is 5.66 Å². The van der Waals surface area contributed by atoms with Gasteiger partial charge in [0.1, 0.15) is 17.5 Å². The van der Waals surface area contributed by atoms with Gasteiger partial charge in [0.15, 0.2) is 6.61 Å². The molecular weight excluding hydrogens is 617 g/mol. The number of esters is 1. The lowest BCUT2D eigenvalue weighted by Crippen LogP contribution is -2.62. The highest BCUT2D eigenvalue weighted by Gasteiger charge is 2.48. The summed E-state index contributed by atoms with van der Waals surface area (Å²) in [6, 6.07) is 18.5. The Labute approximate surface area is 277 Å². The van der Waals surface area contributed by atoms with E-state index in [0.717, 1.165) is 31.8 Å². The van der Waals surface area contributed by atoms with Crippen LogP contribution in [-0.4, -0.2) is 66.5 Å². The smallest absolute Gasteiger partial charge is 0.344 e. The fourth-order valence-corrected chi connectivity index (χ4v) is 6.62. The van der Waals surface area contributed by atoms with E-state index in [4.69, 9.17) is 14.5 Å². The molecule has 1 atom stereocenters. The van der Waals surface area contributed by atoms with E-state index >= 15 is 4.39 Å². The lowest BCUT2D eigenvalue weighted by Gasteiger charge is -2.38. The molecule has 1 unspecified atom stereocenters. The molecule has 0 aromatic heterocycles. The van der Waals surface area contributed by atoms with Gasteiger partial charge >= 0.3 is 12.0 Å². The number of ether oxygens (including phenoxy) is 2. The van der Waals surface area contributed by atoms with Crippen molar-refractivity contribution in [3.63, 3.8) is 0 Å². The van der Waals surface area contributed by atoms with Crippen LogP contribution in [0.15, 0.2) is 83.9 Å². The number of hydrogen-bond donors (Lipinski definition) is 2. The average molecular weight is 654 g/mol. The number of benzene rings is 3. The molecule has 1 aliphatic carbocycles. The standard InChI is InChI=1S/C36H36FN5O6/c1-2-47-32(44)23-48-27-9-7-8-26(20-27)38-35(46)40-36(18-19-43)34(45)42(41-21-24-14-15-25(22-41)17-16-24)31-13-6-4-11-29(31)33(39-36)28-10-3-5-12-30(28)37/h3-13,18,20,24-25H,2,14-17,21-23H2,1H3,(H2,38,40,46). The van der Waals surface area contributed by atoms with Crippen molar-refractivity contribution in [2.75, 3.05) is 36.6 Å². The van der Waals surface area contributed by atoms with Gasteiger partial charge in [-0.1, -0.05) is 36.4 Å². The molecule has 3 fully saturated rings. The Morgan fingerprint density at radius 2 is 1.69 bits per heavy atom. The van der Waals surface area contributed by atoms with Crippen LogP contribution in [0.5, 0.6) is 5.75 Å². The number of rotatable bonds is 9. The van der Waals surface area contributed by atoms with Gasteiger partial charge in [-0.3, -0.25) is 4.79 Å². The van der Waals surface area contributed by atoms with E-state index in [-0.39, 0.29) is 35.9 Å². The zero-order valence-corrected chi connectivity index (χ0v) is 26.5. The number of nitrogens with one attached hydrogen (secondary N) is 2. The molecule has 3 heterocycles. The van der Waals surface area contributed by atoms with Crippen LogP contribution < -0.4 is 20.4 Å². The van der Waals surface area contributed by atoms with Crippen LogP contribution in [0.1, 0.15) is 43.7 Å². The maximum atomic E-state index is 15.5. The average Bonchev–Trinajstić information content (AvgIpc) is 3.45. The molecule has 2 N–H and O–H groups in total. The third-order valence-electron chi connectivity index (χ3n) is 8.84. The number of hydrogen-bond acceptors (Lipinski definition) is 8. The fourth-order valence-electron chi connectivity index (χ4n) is 6.62. The van der Waals surface area contributed by atoms with E-state index in [0.29, 0.717) is 36.2 Å². The Hall–Kier alpha value is -5.32. The fraction of sp³-hybridized carbons (Fsp3) is 0.333. The molecule has 4 aliphatic rings. The zero-order chi connectivity index (χ0) is 33.7. The normalized spacial score (nSPS) is 21.9. The van der Waals surface area contributed by atoms with E-state index in [2.05, 4.69) is 10.6 Å². The number of amides is 3. The third-order valence-corrected chi connectivity index (χ3v) is 8.84. The van der Waals surface area contributed by atoms with Gasteiger partial charge < -0.3 is 20.1 Å². The van der Waals surface area contributed by atoms with Crippen molar-refractivity contribution < 1.29 is 33.0 Å². The minimum absolute atomic E-state index is 0.0820. The molecule has 3 aromatic rings. The van der Waals surface area contributed by atoms with E-state index < -0.39 is 29.4 Å². The number of fused-ring (bicyclic) bond motifs is 5. The molecular formula is C36H36FN5O6. The second-order valence-electron chi connectivity index (χ2n) is 12.1. The number of urea groups is 1. The van der Waals surface area contributed by atoms with Gasteiger partial charge in [0.25, 0.3) is 5.91 Å². The summed E-state index contributed by atoms with van der Waals surface area (Å²) in [6.45, 7) is 2.76. The van der Waals surface area contributed by atoms with Crippen LogP contribution >= 0.6 is 0 Å². The molecule has 12 heteroatoms. The molecule has 0 radical (unpaired) electrons. The first kappa shape index (κ1) is 32.6. The molecule has 3 aromatic carbocycles. The van der Waals surface area contributed by atoms with Crippen LogP contribution in [0.3, 0.4) is 0 Å². The van der Waals surface area contributed by atoms with Crippen molar-refractivity contribution in [3.05, 3.63) is 95.8 Å². The van der Waals surface area contributed by atoms with Gasteiger partial charge in [-0.25, -0.2) is 33.8 Å². The highest BCUT2D eigenvalue weighted by molar-refractivity contribution is 6.21. The topological polar surface area (TPSA) is 130 Å². The summed E-state index contributed by atoms with van der Waals surface area (Å²) >= 11 is 0. The largest absolute Gasteiger partial charge is 0.482 e. The zero-order valence-electron chi connectivity index (χ0n) is 26.5. The summed E-state index contributed by atoms with van der Waals surface area (Å²) in [7, 11) is 0. The second-order valence-corrected chi connectivity index (χ2v) is 12.1. The highest BCUT2D eigenvalue weighted by atomic mass is 19.1. The number of nitrogens with zero attached hydrogens (tertiary/aromatic N) is 3. The molecule has 2 bridgehead atoms. The number of halogens is 1. The van der Waals surface area contributed by atoms with Crippen molar-refractivity contribution >= 4 is 40.9 Å². The van der Waals surface area contributed by atoms with E-state index in [1.54, 1.807) is 67.5 Å². The van der Waals surface area contributed by atoms with Crippen LogP contribution in [0.25, 0.3) is 0 Å². The first-order valence-electron chi connectivity index (χ1n) is 16.0. The Kier molecular flexibility index (Phi) is 9.65. The molecule has 2 saturated heterocycles. The SMILES string of the molecule is CCOC(=O)COc1cccc(NC(=O)NC2(C=C=O)N=C(c3ccccc3F)c3ccccc3N(N3CC4CCC(CC4)C3)C2=O)c1. The van der Waals surface area contributed by atoms with Gasteiger partial charge in [0, 0.05) is 36.0 Å². The van der Waals surface area contributed by atoms with Crippen molar-refractivity contribution in [2.24, 2.45) is 16.8 Å². The van der Waals surface area contributed by atoms with Crippen LogP contribution in [-0.2, 0) is 19.1 Å². The van der Waals surface area contributed by atoms with Crippen molar-refractivity contribution in [1.29, 1.82) is 0 Å². The molecule has 11 nitrogen and oxygen atoms in total. The minimum Gasteiger partial charge on any atom is -0.482 e. The van der Waals surface area contributed by atoms with Gasteiger partial charge in [-0.05, 0) is 74.8 Å². The van der Waals surface area contributed by atoms with Crippen molar-refractivity contribution in [3.8, 4) is 5.75 Å². The van der Waals surface area contributed by atoms with E-state index in [9.17, 15) is 19.2 Å². The summed E-state index contributed by atoms with van der Waals surface area (Å²) in [5.41, 5.74) is -0.955.